The zero-order chi connectivity index (χ0) is 12.1. The van der Waals surface area contributed by atoms with Crippen molar-refractivity contribution >= 4 is 37.8 Å². The van der Waals surface area contributed by atoms with Crippen LogP contribution in [0.4, 0.5) is 0 Å². The first-order valence-electron chi connectivity index (χ1n) is 5.05. The maximum absolute atomic E-state index is 11.8. The van der Waals surface area contributed by atoms with Crippen LogP contribution in [0.3, 0.4) is 0 Å². The number of halogens is 2. The molecule has 0 fully saturated rings. The van der Waals surface area contributed by atoms with E-state index in [4.69, 9.17) is 0 Å². The van der Waals surface area contributed by atoms with Gasteiger partial charge < -0.3 is 5.32 Å². The average Bonchev–Trinajstić information content (AvgIpc) is 2.25. The Morgan fingerprint density at radius 1 is 1.56 bits per heavy atom. The van der Waals surface area contributed by atoms with Crippen LogP contribution in [-0.4, -0.2) is 22.3 Å². The second-order valence-corrected chi connectivity index (χ2v) is 5.83. The molecular weight excluding hydrogens is 336 g/mol. The van der Waals surface area contributed by atoms with Gasteiger partial charge in [0, 0.05) is 22.0 Å². The Morgan fingerprint density at radius 3 is 2.81 bits per heavy atom. The second kappa shape index (κ2) is 6.35. The van der Waals surface area contributed by atoms with Gasteiger partial charge in [0.15, 0.2) is 0 Å². The standard InChI is InChI=1S/C11H14Br2N2O/c1-7(2)9(13)6-15-11(16)10-8(12)4-3-5-14-10/h3-5,7,9H,6H2,1-2H3,(H,15,16). The van der Waals surface area contributed by atoms with Gasteiger partial charge in [-0.05, 0) is 34.0 Å². The number of hydrogen-bond donors (Lipinski definition) is 1. The summed E-state index contributed by atoms with van der Waals surface area (Å²) in [5.41, 5.74) is 0.422. The lowest BCUT2D eigenvalue weighted by Crippen LogP contribution is -2.32. The number of rotatable bonds is 4. The molecule has 0 spiro atoms. The van der Waals surface area contributed by atoms with Crippen molar-refractivity contribution in [2.75, 3.05) is 6.54 Å². The van der Waals surface area contributed by atoms with Crippen LogP contribution in [0.2, 0.25) is 0 Å². The predicted octanol–water partition coefficient (Wildman–Crippen LogP) is 2.99. The van der Waals surface area contributed by atoms with Gasteiger partial charge in [0.1, 0.15) is 5.69 Å². The summed E-state index contributed by atoms with van der Waals surface area (Å²) in [5, 5.41) is 2.84. The molecule has 3 nitrogen and oxygen atoms in total. The summed E-state index contributed by atoms with van der Waals surface area (Å²) in [6.45, 7) is 4.80. The molecule has 1 amide bonds. The molecule has 0 saturated carbocycles. The lowest BCUT2D eigenvalue weighted by atomic mass is 10.1. The Hall–Kier alpha value is -0.420. The lowest BCUT2D eigenvalue weighted by Gasteiger charge is -2.14. The highest BCUT2D eigenvalue weighted by molar-refractivity contribution is 9.10. The quantitative estimate of drug-likeness (QED) is 0.849. The van der Waals surface area contributed by atoms with E-state index in [-0.39, 0.29) is 10.7 Å². The SMILES string of the molecule is CC(C)C(Br)CNC(=O)c1ncccc1Br. The third-order valence-corrected chi connectivity index (χ3v) is 4.18. The van der Waals surface area contributed by atoms with Gasteiger partial charge in [0.05, 0.1) is 0 Å². The van der Waals surface area contributed by atoms with Crippen LogP contribution < -0.4 is 5.32 Å². The Bertz CT molecular complexity index is 369. The third-order valence-electron chi connectivity index (χ3n) is 2.15. The van der Waals surface area contributed by atoms with E-state index in [9.17, 15) is 4.79 Å². The molecule has 0 saturated heterocycles. The molecule has 88 valence electrons. The Kier molecular flexibility index (Phi) is 5.41. The van der Waals surface area contributed by atoms with Crippen LogP contribution in [0.5, 0.6) is 0 Å². The average molecular weight is 350 g/mol. The highest BCUT2D eigenvalue weighted by Crippen LogP contribution is 2.14. The minimum atomic E-state index is -0.155. The maximum Gasteiger partial charge on any atom is 0.271 e. The Balaban J connectivity index is 2.57. The largest absolute Gasteiger partial charge is 0.350 e. The second-order valence-electron chi connectivity index (χ2n) is 3.80. The highest BCUT2D eigenvalue weighted by Gasteiger charge is 2.14. The van der Waals surface area contributed by atoms with Crippen molar-refractivity contribution < 1.29 is 4.79 Å². The number of hydrogen-bond acceptors (Lipinski definition) is 2. The maximum atomic E-state index is 11.8. The molecule has 1 unspecified atom stereocenters. The van der Waals surface area contributed by atoms with Gasteiger partial charge in [-0.25, -0.2) is 4.98 Å². The van der Waals surface area contributed by atoms with Gasteiger partial charge >= 0.3 is 0 Å². The molecule has 1 aromatic rings. The van der Waals surface area contributed by atoms with E-state index in [1.807, 2.05) is 0 Å². The van der Waals surface area contributed by atoms with E-state index in [0.29, 0.717) is 22.6 Å². The molecule has 1 N–H and O–H groups in total. The van der Waals surface area contributed by atoms with E-state index in [1.54, 1.807) is 18.3 Å². The van der Waals surface area contributed by atoms with Crippen LogP contribution in [-0.2, 0) is 0 Å². The molecule has 0 aliphatic heterocycles. The number of nitrogens with one attached hydrogen (secondary N) is 1. The van der Waals surface area contributed by atoms with Gasteiger partial charge in [0.2, 0.25) is 0 Å². The van der Waals surface area contributed by atoms with Crippen molar-refractivity contribution in [2.45, 2.75) is 18.7 Å². The zero-order valence-corrected chi connectivity index (χ0v) is 12.4. The minimum Gasteiger partial charge on any atom is -0.350 e. The van der Waals surface area contributed by atoms with Gasteiger partial charge in [0.25, 0.3) is 5.91 Å². The molecule has 0 aliphatic carbocycles. The molecule has 1 atom stereocenters. The predicted molar refractivity (Wildman–Crippen MR) is 71.8 cm³/mol. The molecule has 1 aromatic heterocycles. The first-order chi connectivity index (χ1) is 7.52. The topological polar surface area (TPSA) is 42.0 Å². The molecule has 0 bridgehead atoms. The van der Waals surface area contributed by atoms with E-state index in [0.717, 1.165) is 0 Å². The summed E-state index contributed by atoms with van der Waals surface area (Å²) in [5.74, 6) is 0.324. The van der Waals surface area contributed by atoms with Crippen molar-refractivity contribution in [3.63, 3.8) is 0 Å². The summed E-state index contributed by atoms with van der Waals surface area (Å²) in [7, 11) is 0. The van der Waals surface area contributed by atoms with E-state index >= 15 is 0 Å². The number of aromatic nitrogens is 1. The summed E-state index contributed by atoms with van der Waals surface area (Å²) in [4.78, 5) is 16.1. The Labute approximate surface area is 112 Å². The van der Waals surface area contributed by atoms with Gasteiger partial charge in [-0.2, -0.15) is 0 Å². The number of pyridine rings is 1. The van der Waals surface area contributed by atoms with Crippen LogP contribution in [0.1, 0.15) is 24.3 Å². The first kappa shape index (κ1) is 13.6. The molecular formula is C11H14Br2N2O. The molecule has 0 aromatic carbocycles. The van der Waals surface area contributed by atoms with Crippen LogP contribution in [0, 0.1) is 5.92 Å². The number of alkyl halides is 1. The summed E-state index contributed by atoms with van der Waals surface area (Å²) in [6, 6.07) is 3.58. The summed E-state index contributed by atoms with van der Waals surface area (Å²) < 4.78 is 0.711. The van der Waals surface area contributed by atoms with Gasteiger partial charge in [-0.3, -0.25) is 4.79 Å². The normalized spacial score (nSPS) is 12.6. The monoisotopic (exact) mass is 348 g/mol. The summed E-state index contributed by atoms with van der Waals surface area (Å²) in [6.07, 6.45) is 1.60. The molecule has 1 rings (SSSR count). The van der Waals surface area contributed by atoms with Crippen LogP contribution >= 0.6 is 31.9 Å². The molecule has 0 aliphatic rings. The number of carbonyl (C=O) groups excluding carboxylic acids is 1. The number of nitrogens with zero attached hydrogens (tertiary/aromatic N) is 1. The van der Waals surface area contributed by atoms with E-state index in [2.05, 4.69) is 56.0 Å². The van der Waals surface area contributed by atoms with Crippen molar-refractivity contribution in [1.82, 2.24) is 10.3 Å². The van der Waals surface area contributed by atoms with Crippen molar-refractivity contribution in [2.24, 2.45) is 5.92 Å². The summed E-state index contributed by atoms with van der Waals surface area (Å²) >= 11 is 6.81. The molecule has 1 heterocycles. The van der Waals surface area contributed by atoms with Gasteiger partial charge in [-0.15, -0.1) is 0 Å². The number of amides is 1. The minimum absolute atomic E-state index is 0.155. The lowest BCUT2D eigenvalue weighted by molar-refractivity contribution is 0.0947. The zero-order valence-electron chi connectivity index (χ0n) is 9.21. The highest BCUT2D eigenvalue weighted by atomic mass is 79.9. The smallest absolute Gasteiger partial charge is 0.271 e. The van der Waals surface area contributed by atoms with Crippen LogP contribution in [0.15, 0.2) is 22.8 Å². The molecule has 16 heavy (non-hydrogen) atoms. The fraction of sp³-hybridized carbons (Fsp3) is 0.455. The van der Waals surface area contributed by atoms with E-state index in [1.165, 1.54) is 0 Å². The van der Waals surface area contributed by atoms with Crippen molar-refractivity contribution in [3.8, 4) is 0 Å². The molecule has 5 heteroatoms. The van der Waals surface area contributed by atoms with Crippen molar-refractivity contribution in [3.05, 3.63) is 28.5 Å². The fourth-order valence-corrected chi connectivity index (χ4v) is 1.66. The van der Waals surface area contributed by atoms with Crippen LogP contribution in [0.25, 0.3) is 0 Å². The molecule has 0 radical (unpaired) electrons. The Morgan fingerprint density at radius 2 is 2.25 bits per heavy atom. The fourth-order valence-electron chi connectivity index (χ4n) is 1.06. The van der Waals surface area contributed by atoms with Crippen molar-refractivity contribution in [1.29, 1.82) is 0 Å². The van der Waals surface area contributed by atoms with Gasteiger partial charge in [-0.1, -0.05) is 29.8 Å². The third kappa shape index (κ3) is 3.87. The van der Waals surface area contributed by atoms with E-state index < -0.39 is 0 Å². The first-order valence-corrected chi connectivity index (χ1v) is 6.76. The number of carbonyl (C=O) groups is 1.